The highest BCUT2D eigenvalue weighted by Gasteiger charge is 2.34. The van der Waals surface area contributed by atoms with E-state index in [1.54, 1.807) is 19.1 Å². The molecule has 1 aliphatic heterocycles. The molecule has 0 unspecified atom stereocenters. The number of ether oxygens (including phenoxy) is 3. The Kier molecular flexibility index (Phi) is 7.89. The lowest BCUT2D eigenvalue weighted by Gasteiger charge is -2.37. The molecule has 1 heterocycles. The van der Waals surface area contributed by atoms with Crippen molar-refractivity contribution in [3.05, 3.63) is 59.7 Å². The van der Waals surface area contributed by atoms with Crippen LogP contribution in [-0.2, 0) is 20.9 Å². The standard InChI is InChI=1S/C24H30N2O5/c1-29-16-23(27)26-14-19(18-9-10-21(30-2)22(12-18)31-3)11-20(15-26)24(28)25-13-17-7-5-4-6-8-17/h4-10,12,19-20H,11,13-16H2,1-3H3,(H,25,28)/t19-,20-/m1/s1. The predicted octanol–water partition coefficient (Wildman–Crippen LogP) is 2.60. The molecule has 166 valence electrons. The lowest BCUT2D eigenvalue weighted by Crippen LogP contribution is -2.48. The van der Waals surface area contributed by atoms with Crippen molar-refractivity contribution in [3.8, 4) is 11.5 Å². The maximum atomic E-state index is 13.0. The van der Waals surface area contributed by atoms with Gasteiger partial charge in [-0.15, -0.1) is 0 Å². The second-order valence-corrected chi connectivity index (χ2v) is 7.68. The molecule has 0 spiro atoms. The van der Waals surface area contributed by atoms with E-state index in [0.717, 1.165) is 11.1 Å². The maximum Gasteiger partial charge on any atom is 0.248 e. The number of nitrogens with zero attached hydrogens (tertiary/aromatic N) is 1. The third-order valence-corrected chi connectivity index (χ3v) is 5.63. The summed E-state index contributed by atoms with van der Waals surface area (Å²) in [7, 11) is 4.69. The fourth-order valence-corrected chi connectivity index (χ4v) is 3.99. The molecule has 7 nitrogen and oxygen atoms in total. The monoisotopic (exact) mass is 426 g/mol. The van der Waals surface area contributed by atoms with E-state index < -0.39 is 0 Å². The summed E-state index contributed by atoms with van der Waals surface area (Å²) in [5.41, 5.74) is 2.05. The van der Waals surface area contributed by atoms with E-state index >= 15 is 0 Å². The minimum atomic E-state index is -0.309. The van der Waals surface area contributed by atoms with Gasteiger partial charge in [0.25, 0.3) is 0 Å². The highest BCUT2D eigenvalue weighted by atomic mass is 16.5. The molecule has 0 aliphatic carbocycles. The van der Waals surface area contributed by atoms with Crippen molar-refractivity contribution in [1.82, 2.24) is 10.2 Å². The second-order valence-electron chi connectivity index (χ2n) is 7.68. The van der Waals surface area contributed by atoms with Gasteiger partial charge in [0.2, 0.25) is 11.8 Å². The first-order valence-electron chi connectivity index (χ1n) is 10.4. The normalized spacial score (nSPS) is 18.4. The van der Waals surface area contributed by atoms with Crippen molar-refractivity contribution in [3.63, 3.8) is 0 Å². The molecule has 0 aromatic heterocycles. The molecule has 1 N–H and O–H groups in total. The van der Waals surface area contributed by atoms with Crippen LogP contribution in [0.5, 0.6) is 11.5 Å². The van der Waals surface area contributed by atoms with E-state index in [2.05, 4.69) is 5.32 Å². The Morgan fingerprint density at radius 3 is 2.42 bits per heavy atom. The van der Waals surface area contributed by atoms with Crippen LogP contribution in [0.25, 0.3) is 0 Å². The minimum Gasteiger partial charge on any atom is -0.493 e. The number of hydrogen-bond acceptors (Lipinski definition) is 5. The Morgan fingerprint density at radius 2 is 1.74 bits per heavy atom. The first-order chi connectivity index (χ1) is 15.0. The highest BCUT2D eigenvalue weighted by Crippen LogP contribution is 2.36. The number of piperidine rings is 1. The quantitative estimate of drug-likeness (QED) is 0.702. The van der Waals surface area contributed by atoms with Gasteiger partial charge in [0.05, 0.1) is 20.1 Å². The highest BCUT2D eigenvalue weighted by molar-refractivity contribution is 5.82. The summed E-state index contributed by atoms with van der Waals surface area (Å²) in [6, 6.07) is 15.5. The zero-order chi connectivity index (χ0) is 22.2. The summed E-state index contributed by atoms with van der Waals surface area (Å²) in [6.45, 7) is 1.37. The number of rotatable bonds is 8. The van der Waals surface area contributed by atoms with Gasteiger partial charge in [-0.3, -0.25) is 9.59 Å². The van der Waals surface area contributed by atoms with E-state index in [4.69, 9.17) is 14.2 Å². The number of methoxy groups -OCH3 is 3. The third kappa shape index (κ3) is 5.76. The first-order valence-corrected chi connectivity index (χ1v) is 10.4. The van der Waals surface area contributed by atoms with Crippen molar-refractivity contribution in [1.29, 1.82) is 0 Å². The molecule has 2 atom stereocenters. The van der Waals surface area contributed by atoms with Crippen molar-refractivity contribution in [2.75, 3.05) is 41.0 Å². The van der Waals surface area contributed by atoms with Crippen molar-refractivity contribution < 1.29 is 23.8 Å². The SMILES string of the molecule is COCC(=O)N1C[C@H](C(=O)NCc2ccccc2)C[C@@H](c2ccc(OC)c(OC)c2)C1. The van der Waals surface area contributed by atoms with Gasteiger partial charge in [-0.05, 0) is 29.7 Å². The Morgan fingerprint density at radius 1 is 1.00 bits per heavy atom. The van der Waals surface area contributed by atoms with E-state index in [-0.39, 0.29) is 30.3 Å². The van der Waals surface area contributed by atoms with Crippen molar-refractivity contribution in [2.24, 2.45) is 5.92 Å². The van der Waals surface area contributed by atoms with E-state index in [1.165, 1.54) is 7.11 Å². The molecule has 31 heavy (non-hydrogen) atoms. The summed E-state index contributed by atoms with van der Waals surface area (Å²) < 4.78 is 15.8. The molecule has 2 amide bonds. The van der Waals surface area contributed by atoms with Crippen LogP contribution in [-0.4, -0.2) is 57.7 Å². The lowest BCUT2D eigenvalue weighted by atomic mass is 9.83. The van der Waals surface area contributed by atoms with Gasteiger partial charge in [0.15, 0.2) is 11.5 Å². The molecule has 0 radical (unpaired) electrons. The number of carbonyl (C=O) groups excluding carboxylic acids is 2. The molecule has 7 heteroatoms. The summed E-state index contributed by atoms with van der Waals surface area (Å²) in [6.07, 6.45) is 0.646. The maximum absolute atomic E-state index is 13.0. The number of likely N-dealkylation sites (tertiary alicyclic amines) is 1. The van der Waals surface area contributed by atoms with Gasteiger partial charge in [-0.25, -0.2) is 0 Å². The predicted molar refractivity (Wildman–Crippen MR) is 117 cm³/mol. The average molecular weight is 427 g/mol. The number of carbonyl (C=O) groups is 2. The molecule has 1 aliphatic rings. The van der Waals surface area contributed by atoms with Gasteiger partial charge in [0, 0.05) is 32.7 Å². The topological polar surface area (TPSA) is 77.1 Å². The van der Waals surface area contributed by atoms with Crippen LogP contribution in [0.1, 0.15) is 23.5 Å². The smallest absolute Gasteiger partial charge is 0.248 e. The molecule has 0 bridgehead atoms. The molecular weight excluding hydrogens is 396 g/mol. The molecule has 0 saturated carbocycles. The fraction of sp³-hybridized carbons (Fsp3) is 0.417. The number of benzene rings is 2. The van der Waals surface area contributed by atoms with Crippen LogP contribution < -0.4 is 14.8 Å². The lowest BCUT2D eigenvalue weighted by molar-refractivity contribution is -0.139. The van der Waals surface area contributed by atoms with E-state index in [1.807, 2.05) is 48.5 Å². The van der Waals surface area contributed by atoms with Crippen molar-refractivity contribution >= 4 is 11.8 Å². The number of nitrogens with one attached hydrogen (secondary N) is 1. The van der Waals surface area contributed by atoms with Crippen LogP contribution in [0, 0.1) is 5.92 Å². The van der Waals surface area contributed by atoms with Crippen molar-refractivity contribution in [2.45, 2.75) is 18.9 Å². The number of amides is 2. The van der Waals surface area contributed by atoms with Gasteiger partial charge in [0.1, 0.15) is 6.61 Å². The van der Waals surface area contributed by atoms with Gasteiger partial charge < -0.3 is 24.4 Å². The zero-order valence-electron chi connectivity index (χ0n) is 18.3. The molecule has 2 aromatic carbocycles. The Labute approximate surface area is 183 Å². The molecule has 1 saturated heterocycles. The molecule has 3 rings (SSSR count). The van der Waals surface area contributed by atoms with Crippen LogP contribution in [0.4, 0.5) is 0 Å². The Bertz CT molecular complexity index is 887. The summed E-state index contributed by atoms with van der Waals surface area (Å²) >= 11 is 0. The number of hydrogen-bond donors (Lipinski definition) is 1. The first kappa shape index (κ1) is 22.6. The Balaban J connectivity index is 1.77. The van der Waals surface area contributed by atoms with Crippen LogP contribution in [0.15, 0.2) is 48.5 Å². The molecular formula is C24H30N2O5. The average Bonchev–Trinajstić information content (AvgIpc) is 2.82. The van der Waals surface area contributed by atoms with Gasteiger partial charge >= 0.3 is 0 Å². The molecule has 1 fully saturated rings. The summed E-state index contributed by atoms with van der Waals surface area (Å²) in [5.74, 6) is 0.799. The third-order valence-electron chi connectivity index (χ3n) is 5.63. The van der Waals surface area contributed by atoms with Gasteiger partial charge in [-0.1, -0.05) is 36.4 Å². The van der Waals surface area contributed by atoms with Gasteiger partial charge in [-0.2, -0.15) is 0 Å². The molecule has 2 aromatic rings. The zero-order valence-corrected chi connectivity index (χ0v) is 18.3. The fourth-order valence-electron chi connectivity index (χ4n) is 3.99. The van der Waals surface area contributed by atoms with E-state index in [9.17, 15) is 9.59 Å². The minimum absolute atomic E-state index is 0.00170. The Hall–Kier alpha value is -3.06. The van der Waals surface area contributed by atoms with Crippen LogP contribution >= 0.6 is 0 Å². The summed E-state index contributed by atoms with van der Waals surface area (Å²) in [4.78, 5) is 27.3. The van der Waals surface area contributed by atoms with Crippen LogP contribution in [0.2, 0.25) is 0 Å². The van der Waals surface area contributed by atoms with E-state index in [0.29, 0.717) is 37.6 Å². The second kappa shape index (κ2) is 10.8. The van der Waals surface area contributed by atoms with Crippen LogP contribution in [0.3, 0.4) is 0 Å². The summed E-state index contributed by atoms with van der Waals surface area (Å²) in [5, 5.41) is 3.02. The largest absolute Gasteiger partial charge is 0.493 e.